The number of hydrogen-bond donors (Lipinski definition) is 0. The summed E-state index contributed by atoms with van der Waals surface area (Å²) >= 11 is 0. The van der Waals surface area contributed by atoms with Crippen LogP contribution in [0.15, 0.2) is 24.3 Å². The number of anilines is 1. The molecule has 1 fully saturated rings. The maximum Gasteiger partial charge on any atom is 0.162 e. The molecule has 0 saturated carbocycles. The number of carbonyl (C=O) groups is 1. The lowest BCUT2D eigenvalue weighted by Gasteiger charge is -2.38. The number of benzene rings is 1. The van der Waals surface area contributed by atoms with Gasteiger partial charge in [-0.25, -0.2) is 0 Å². The molecule has 1 heterocycles. The number of carbonyl (C=O) groups excluding carboxylic acids is 1. The van der Waals surface area contributed by atoms with Crippen molar-refractivity contribution in [2.24, 2.45) is 5.41 Å². The molecule has 18 heavy (non-hydrogen) atoms. The molecule has 0 aromatic heterocycles. The first-order valence-corrected chi connectivity index (χ1v) is 6.90. The third-order valence-electron chi connectivity index (χ3n) is 3.99. The van der Waals surface area contributed by atoms with E-state index in [-0.39, 0.29) is 5.78 Å². The van der Waals surface area contributed by atoms with E-state index in [0.717, 1.165) is 18.7 Å². The van der Waals surface area contributed by atoms with Crippen molar-refractivity contribution < 1.29 is 4.79 Å². The van der Waals surface area contributed by atoms with Crippen molar-refractivity contribution in [1.82, 2.24) is 0 Å². The van der Waals surface area contributed by atoms with E-state index >= 15 is 0 Å². The van der Waals surface area contributed by atoms with Gasteiger partial charge < -0.3 is 4.90 Å². The van der Waals surface area contributed by atoms with Crippen molar-refractivity contribution in [3.8, 4) is 0 Å². The van der Waals surface area contributed by atoms with Crippen LogP contribution in [0.25, 0.3) is 0 Å². The number of rotatable bonds is 3. The fourth-order valence-electron chi connectivity index (χ4n) is 2.43. The van der Waals surface area contributed by atoms with Crippen LogP contribution in [0.5, 0.6) is 0 Å². The zero-order chi connectivity index (χ0) is 13.2. The number of piperidine rings is 1. The normalized spacial score (nSPS) is 18.7. The van der Waals surface area contributed by atoms with Crippen LogP contribution in [0.1, 0.15) is 50.4 Å². The lowest BCUT2D eigenvalue weighted by atomic mass is 9.82. The predicted molar refractivity (Wildman–Crippen MR) is 76.3 cm³/mol. The van der Waals surface area contributed by atoms with Crippen LogP contribution in [-0.4, -0.2) is 18.9 Å². The van der Waals surface area contributed by atoms with Crippen LogP contribution < -0.4 is 4.90 Å². The van der Waals surface area contributed by atoms with Gasteiger partial charge in [0.05, 0.1) is 0 Å². The minimum atomic E-state index is 0.223. The number of ketones is 1. The molecule has 0 radical (unpaired) electrons. The van der Waals surface area contributed by atoms with E-state index in [1.807, 2.05) is 19.1 Å². The molecule has 1 aliphatic heterocycles. The molecule has 0 spiro atoms. The fourth-order valence-corrected chi connectivity index (χ4v) is 2.43. The quantitative estimate of drug-likeness (QED) is 0.753. The molecule has 2 heteroatoms. The first kappa shape index (κ1) is 13.1. The zero-order valence-corrected chi connectivity index (χ0v) is 11.7. The Balaban J connectivity index is 2.04. The average Bonchev–Trinajstić information content (AvgIpc) is 2.38. The largest absolute Gasteiger partial charge is 0.371 e. The van der Waals surface area contributed by atoms with Gasteiger partial charge in [0.2, 0.25) is 0 Å². The molecule has 2 nitrogen and oxygen atoms in total. The maximum atomic E-state index is 11.6. The highest BCUT2D eigenvalue weighted by Crippen LogP contribution is 2.32. The summed E-state index contributed by atoms with van der Waals surface area (Å²) < 4.78 is 0. The van der Waals surface area contributed by atoms with Gasteiger partial charge in [-0.1, -0.05) is 20.8 Å². The fraction of sp³-hybridized carbons (Fsp3) is 0.562. The Morgan fingerprint density at radius 3 is 2.22 bits per heavy atom. The van der Waals surface area contributed by atoms with Gasteiger partial charge in [0, 0.05) is 30.8 Å². The molecule has 0 amide bonds. The summed E-state index contributed by atoms with van der Waals surface area (Å²) in [5.74, 6) is 0.223. The molecule has 2 rings (SSSR count). The van der Waals surface area contributed by atoms with Crippen molar-refractivity contribution in [2.45, 2.75) is 40.0 Å². The van der Waals surface area contributed by atoms with E-state index < -0.39 is 0 Å². The zero-order valence-electron chi connectivity index (χ0n) is 11.7. The molecule has 1 aromatic carbocycles. The summed E-state index contributed by atoms with van der Waals surface area (Å²) in [4.78, 5) is 14.0. The van der Waals surface area contributed by atoms with E-state index in [0.29, 0.717) is 11.8 Å². The Morgan fingerprint density at radius 2 is 1.72 bits per heavy atom. The predicted octanol–water partition coefficient (Wildman–Crippen LogP) is 3.91. The van der Waals surface area contributed by atoms with Crippen LogP contribution in [0, 0.1) is 5.41 Å². The number of Topliss-reactive ketones (excluding diaryl/α,β-unsaturated/α-hetero) is 1. The number of nitrogens with zero attached hydrogens (tertiary/aromatic N) is 1. The molecule has 0 unspecified atom stereocenters. The second-order valence-electron chi connectivity index (χ2n) is 5.97. The molecule has 0 atom stereocenters. The summed E-state index contributed by atoms with van der Waals surface area (Å²) in [6.07, 6.45) is 3.06. The van der Waals surface area contributed by atoms with Gasteiger partial charge >= 0.3 is 0 Å². The van der Waals surface area contributed by atoms with Crippen molar-refractivity contribution in [1.29, 1.82) is 0 Å². The first-order valence-electron chi connectivity index (χ1n) is 6.90. The highest BCUT2D eigenvalue weighted by molar-refractivity contribution is 5.96. The molecule has 0 aliphatic carbocycles. The van der Waals surface area contributed by atoms with E-state index in [1.54, 1.807) is 0 Å². The molecule has 0 N–H and O–H groups in total. The summed E-state index contributed by atoms with van der Waals surface area (Å²) in [6.45, 7) is 8.83. The van der Waals surface area contributed by atoms with E-state index in [4.69, 9.17) is 0 Å². The third-order valence-corrected chi connectivity index (χ3v) is 3.99. The van der Waals surface area contributed by atoms with Crippen LogP contribution >= 0.6 is 0 Å². The van der Waals surface area contributed by atoms with Gasteiger partial charge in [0.25, 0.3) is 0 Å². The maximum absolute atomic E-state index is 11.6. The first-order chi connectivity index (χ1) is 8.52. The summed E-state index contributed by atoms with van der Waals surface area (Å²) in [6, 6.07) is 8.09. The van der Waals surface area contributed by atoms with Gasteiger partial charge in [-0.15, -0.1) is 0 Å². The Kier molecular flexibility index (Phi) is 3.74. The van der Waals surface area contributed by atoms with Crippen LogP contribution in [0.3, 0.4) is 0 Å². The standard InChI is InChI=1S/C16H23NO/c1-4-15(18)13-5-7-14(8-6-13)17-11-9-16(2,3)10-12-17/h5-8H,4,9-12H2,1-3H3. The molecule has 1 aliphatic rings. The highest BCUT2D eigenvalue weighted by atomic mass is 16.1. The van der Waals surface area contributed by atoms with Gasteiger partial charge in [-0.3, -0.25) is 4.79 Å². The van der Waals surface area contributed by atoms with Crippen LogP contribution in [0.2, 0.25) is 0 Å². The van der Waals surface area contributed by atoms with E-state index in [2.05, 4.69) is 30.9 Å². The van der Waals surface area contributed by atoms with Crippen molar-refractivity contribution >= 4 is 11.5 Å². The van der Waals surface area contributed by atoms with Gasteiger partial charge in [-0.2, -0.15) is 0 Å². The average molecular weight is 245 g/mol. The van der Waals surface area contributed by atoms with Gasteiger partial charge in [-0.05, 0) is 42.5 Å². The Morgan fingerprint density at radius 1 is 1.17 bits per heavy atom. The lowest BCUT2D eigenvalue weighted by molar-refractivity contribution is 0.0988. The second kappa shape index (κ2) is 5.13. The molecule has 1 saturated heterocycles. The van der Waals surface area contributed by atoms with Crippen LogP contribution in [0.4, 0.5) is 5.69 Å². The monoisotopic (exact) mass is 245 g/mol. The number of hydrogen-bond acceptors (Lipinski definition) is 2. The highest BCUT2D eigenvalue weighted by Gasteiger charge is 2.25. The Labute approximate surface area is 110 Å². The SMILES string of the molecule is CCC(=O)c1ccc(N2CCC(C)(C)CC2)cc1. The summed E-state index contributed by atoms with van der Waals surface area (Å²) in [5, 5.41) is 0. The Bertz CT molecular complexity index is 409. The van der Waals surface area contributed by atoms with Crippen molar-refractivity contribution in [3.05, 3.63) is 29.8 Å². The summed E-state index contributed by atoms with van der Waals surface area (Å²) in [5.41, 5.74) is 2.56. The molecular weight excluding hydrogens is 222 g/mol. The minimum absolute atomic E-state index is 0.223. The van der Waals surface area contributed by atoms with Crippen LogP contribution in [-0.2, 0) is 0 Å². The molecule has 98 valence electrons. The van der Waals surface area contributed by atoms with E-state index in [1.165, 1.54) is 18.5 Å². The molecule has 0 bridgehead atoms. The van der Waals surface area contributed by atoms with E-state index in [9.17, 15) is 4.79 Å². The lowest BCUT2D eigenvalue weighted by Crippen LogP contribution is -2.37. The smallest absolute Gasteiger partial charge is 0.162 e. The van der Waals surface area contributed by atoms with Crippen molar-refractivity contribution in [2.75, 3.05) is 18.0 Å². The summed E-state index contributed by atoms with van der Waals surface area (Å²) in [7, 11) is 0. The molecular formula is C16H23NO. The minimum Gasteiger partial charge on any atom is -0.371 e. The van der Waals surface area contributed by atoms with Crippen molar-refractivity contribution in [3.63, 3.8) is 0 Å². The molecule has 1 aromatic rings. The van der Waals surface area contributed by atoms with Gasteiger partial charge in [0.1, 0.15) is 0 Å². The topological polar surface area (TPSA) is 20.3 Å². The third kappa shape index (κ3) is 2.92. The Hall–Kier alpha value is -1.31. The van der Waals surface area contributed by atoms with Gasteiger partial charge in [0.15, 0.2) is 5.78 Å². The second-order valence-corrected chi connectivity index (χ2v) is 5.97.